The molecule has 360 valence electrons. The molecule has 0 amide bonds. The summed E-state index contributed by atoms with van der Waals surface area (Å²) < 4.78 is 23.7. The van der Waals surface area contributed by atoms with Crippen LogP contribution < -0.4 is 0 Å². The van der Waals surface area contributed by atoms with Crippen molar-refractivity contribution in [3.05, 3.63) is 115 Å². The number of carbonyl (C=O) groups excluding carboxylic acids is 4. The fourth-order valence-corrected chi connectivity index (χ4v) is 15.1. The van der Waals surface area contributed by atoms with Crippen LogP contribution in [-0.2, 0) is 89.5 Å². The summed E-state index contributed by atoms with van der Waals surface area (Å²) in [4.78, 5) is 62.6. The van der Waals surface area contributed by atoms with Crippen molar-refractivity contribution in [2.75, 3.05) is 26.4 Å². The minimum atomic E-state index is -1.31. The van der Waals surface area contributed by atoms with Crippen LogP contribution >= 0.6 is 45.3 Å². The van der Waals surface area contributed by atoms with Gasteiger partial charge in [-0.3, -0.25) is 19.2 Å². The second-order valence-electron chi connectivity index (χ2n) is 18.9. The Hall–Kier alpha value is -6.64. The third kappa shape index (κ3) is 7.66. The fraction of sp³-hybridized carbons (Fsp3) is 0.333. The van der Waals surface area contributed by atoms with Crippen LogP contribution in [0.25, 0.3) is 41.8 Å². The molecule has 12 heteroatoms. The maximum atomic E-state index is 14.7. The predicted octanol–water partition coefficient (Wildman–Crippen LogP) is 10.9. The topological polar surface area (TPSA) is 105 Å². The van der Waals surface area contributed by atoms with E-state index >= 15 is 0 Å². The van der Waals surface area contributed by atoms with Gasteiger partial charge in [0.05, 0.1) is 26.4 Å². The first-order valence-corrected chi connectivity index (χ1v) is 27.9. The molecular formula is C60H48O8S4. The van der Waals surface area contributed by atoms with E-state index in [1.54, 1.807) is 73.0 Å². The molecule has 0 radical (unpaired) electrons. The van der Waals surface area contributed by atoms with Gasteiger partial charge in [-0.05, 0) is 164 Å². The maximum Gasteiger partial charge on any atom is 0.324 e. The number of esters is 4. The van der Waals surface area contributed by atoms with Gasteiger partial charge in [0, 0.05) is 70.9 Å². The Morgan fingerprint density at radius 3 is 0.722 bits per heavy atom. The molecule has 72 heavy (non-hydrogen) atoms. The molecule has 0 saturated heterocycles. The van der Waals surface area contributed by atoms with Gasteiger partial charge in [0.1, 0.15) is 21.7 Å². The zero-order valence-electron chi connectivity index (χ0n) is 40.3. The first-order chi connectivity index (χ1) is 35.0. The number of ether oxygens (including phenoxy) is 4. The summed E-state index contributed by atoms with van der Waals surface area (Å²) in [6.07, 6.45) is 1.91. The van der Waals surface area contributed by atoms with Crippen LogP contribution in [0.1, 0.15) is 72.2 Å². The van der Waals surface area contributed by atoms with Gasteiger partial charge in [-0.1, -0.05) is 47.9 Å². The van der Waals surface area contributed by atoms with Crippen LogP contribution in [0.5, 0.6) is 0 Å². The zero-order valence-corrected chi connectivity index (χ0v) is 43.6. The second-order valence-corrected chi connectivity index (χ2v) is 22.7. The summed E-state index contributed by atoms with van der Waals surface area (Å²) in [7, 11) is 0. The smallest absolute Gasteiger partial charge is 0.324 e. The predicted molar refractivity (Wildman–Crippen MR) is 283 cm³/mol. The fourth-order valence-electron chi connectivity index (χ4n) is 11.8. The van der Waals surface area contributed by atoms with Crippen molar-refractivity contribution in [1.82, 2.24) is 0 Å². The molecular weight excluding hydrogens is 977 g/mol. The van der Waals surface area contributed by atoms with E-state index < -0.39 is 45.5 Å². The van der Waals surface area contributed by atoms with Gasteiger partial charge in [0.2, 0.25) is 0 Å². The normalized spacial score (nSPS) is 22.4. The van der Waals surface area contributed by atoms with Crippen molar-refractivity contribution in [1.29, 1.82) is 0 Å². The van der Waals surface area contributed by atoms with Gasteiger partial charge >= 0.3 is 23.9 Å². The van der Waals surface area contributed by atoms with E-state index in [0.717, 1.165) is 86.3 Å². The highest BCUT2D eigenvalue weighted by Crippen LogP contribution is 2.58. The highest BCUT2D eigenvalue weighted by Gasteiger charge is 2.54. The Bertz CT molecular complexity index is 2940. The SMILES string of the molecule is CCOC(=O)C12C#CC#CC3(C(=O)OCC)Cc4c(c(-c5cccs5)c5c(c4-c4cccs4)CC(C(=O)OCC)(C#CC#CC4(C(=O)OCC)Cc6c(c(-c7cccs7)c(c(c6-c6cccs6)C1)C2)C4)C5)C3. The van der Waals surface area contributed by atoms with Gasteiger partial charge in [-0.15, -0.1) is 45.3 Å². The number of thiophene rings is 4. The van der Waals surface area contributed by atoms with E-state index in [9.17, 15) is 19.2 Å². The molecule has 8 aliphatic rings. The molecule has 0 N–H and O–H groups in total. The highest BCUT2D eigenvalue weighted by atomic mass is 32.1. The van der Waals surface area contributed by atoms with Gasteiger partial charge < -0.3 is 18.9 Å². The van der Waals surface area contributed by atoms with Crippen molar-refractivity contribution in [3.8, 4) is 89.1 Å². The monoisotopic (exact) mass is 1020 g/mol. The maximum absolute atomic E-state index is 14.7. The molecule has 6 aromatic rings. The van der Waals surface area contributed by atoms with Crippen molar-refractivity contribution in [3.63, 3.8) is 0 Å². The van der Waals surface area contributed by atoms with Crippen molar-refractivity contribution in [2.45, 2.75) is 79.1 Å². The molecule has 8 nitrogen and oxygen atoms in total. The molecule has 0 aliphatic heterocycles. The van der Waals surface area contributed by atoms with Crippen molar-refractivity contribution in [2.24, 2.45) is 21.7 Å². The molecule has 4 heterocycles. The third-order valence-corrected chi connectivity index (χ3v) is 18.3. The standard InChI is InChI=1S/C60H48O8S4/c1-5-65-53(61)57-21-9-10-22-58(54(62)66-6-2)33-41-42(34-58)52(48-20-16-28-72-48)44-36-60(56(64)68-8-4,35-43(44)51(41)47-19-15-27-71-47)24-12-11-23-59(55(63)67-7-3)31-39-40(32-59)50(46-18-14-26-70-46)38(30-57)37(29-57)49(39)45-17-13-25-69-45/h13-20,25-28H,5-8,29-36H2,1-4H3. The lowest BCUT2D eigenvalue weighted by Gasteiger charge is -2.22. The second kappa shape index (κ2) is 18.8. The summed E-state index contributed by atoms with van der Waals surface area (Å²) in [5.41, 5.74) is 6.33. The number of hydrogen-bond donors (Lipinski definition) is 0. The number of benzene rings is 2. The molecule has 0 fully saturated rings. The van der Waals surface area contributed by atoms with E-state index in [1.165, 1.54) is 0 Å². The van der Waals surface area contributed by atoms with Crippen LogP contribution in [-0.4, -0.2) is 50.3 Å². The van der Waals surface area contributed by atoms with Crippen molar-refractivity contribution < 1.29 is 38.1 Å². The van der Waals surface area contributed by atoms with Gasteiger partial charge in [-0.2, -0.15) is 0 Å². The highest BCUT2D eigenvalue weighted by molar-refractivity contribution is 7.14. The number of carbonyl (C=O) groups is 4. The summed E-state index contributed by atoms with van der Waals surface area (Å²) in [5.74, 6) is 24.5. The third-order valence-electron chi connectivity index (χ3n) is 14.8. The molecule has 0 spiro atoms. The number of hydrogen-bond acceptors (Lipinski definition) is 12. The van der Waals surface area contributed by atoms with E-state index in [4.69, 9.17) is 18.9 Å². The van der Waals surface area contributed by atoms with E-state index in [2.05, 4.69) is 71.6 Å². The Balaban J connectivity index is 1.21. The molecule has 8 aliphatic carbocycles. The Morgan fingerprint density at radius 1 is 0.375 bits per heavy atom. The average Bonchev–Trinajstić information content (AvgIpc) is 4.23. The van der Waals surface area contributed by atoms with Gasteiger partial charge in [0.25, 0.3) is 0 Å². The Morgan fingerprint density at radius 2 is 0.569 bits per heavy atom. The summed E-state index contributed by atoms with van der Waals surface area (Å²) >= 11 is 6.38. The quantitative estimate of drug-likeness (QED) is 0.0678. The van der Waals surface area contributed by atoms with Gasteiger partial charge in [0.15, 0.2) is 0 Å². The minimum absolute atomic E-state index is 0.161. The van der Waals surface area contributed by atoms with E-state index in [0.29, 0.717) is 0 Å². The van der Waals surface area contributed by atoms with Crippen LogP contribution in [0.4, 0.5) is 0 Å². The Kier molecular flexibility index (Phi) is 12.4. The van der Waals surface area contributed by atoms with E-state index in [-0.39, 0.29) is 77.8 Å². The molecule has 2 aromatic carbocycles. The lowest BCUT2D eigenvalue weighted by atomic mass is 9.82. The summed E-state index contributed by atoms with van der Waals surface area (Å²) in [6, 6.07) is 16.3. The summed E-state index contributed by atoms with van der Waals surface area (Å²) in [5, 5.41) is 8.12. The van der Waals surface area contributed by atoms with Crippen molar-refractivity contribution >= 4 is 69.2 Å². The molecule has 0 unspecified atom stereocenters. The van der Waals surface area contributed by atoms with E-state index in [1.807, 2.05) is 45.8 Å². The lowest BCUT2D eigenvalue weighted by molar-refractivity contribution is -0.152. The average molecular weight is 1030 g/mol. The first-order valence-electron chi connectivity index (χ1n) is 24.4. The molecule has 12 bridgehead atoms. The zero-order chi connectivity index (χ0) is 49.8. The number of rotatable bonds is 12. The van der Waals surface area contributed by atoms with Crippen LogP contribution in [0, 0.1) is 69.0 Å². The van der Waals surface area contributed by atoms with Crippen LogP contribution in [0.2, 0.25) is 0 Å². The molecule has 0 saturated carbocycles. The first kappa shape index (κ1) is 47.7. The Labute approximate surface area is 435 Å². The molecule has 4 aromatic heterocycles. The lowest BCUT2D eigenvalue weighted by Crippen LogP contribution is -2.33. The minimum Gasteiger partial charge on any atom is -0.465 e. The van der Waals surface area contributed by atoms with Crippen LogP contribution in [0.15, 0.2) is 70.1 Å². The summed E-state index contributed by atoms with van der Waals surface area (Å²) in [6.45, 7) is 7.83. The molecule has 0 atom stereocenters. The van der Waals surface area contributed by atoms with Gasteiger partial charge in [-0.25, -0.2) is 0 Å². The molecule has 14 rings (SSSR count). The van der Waals surface area contributed by atoms with Crippen LogP contribution in [0.3, 0.4) is 0 Å². The largest absolute Gasteiger partial charge is 0.465 e.